The van der Waals surface area contributed by atoms with E-state index < -0.39 is 37.8 Å². The van der Waals surface area contributed by atoms with Crippen LogP contribution in [0.4, 0.5) is 10.5 Å². The predicted molar refractivity (Wildman–Crippen MR) is 156 cm³/mol. The summed E-state index contributed by atoms with van der Waals surface area (Å²) < 4.78 is 56.7. The van der Waals surface area contributed by atoms with E-state index in [1.54, 1.807) is 52.1 Å². The lowest BCUT2D eigenvalue weighted by Gasteiger charge is -2.38. The Morgan fingerprint density at radius 3 is 2.08 bits per heavy atom. The summed E-state index contributed by atoms with van der Waals surface area (Å²) in [4.78, 5) is 14.4. The van der Waals surface area contributed by atoms with Crippen molar-refractivity contribution in [2.45, 2.75) is 51.2 Å². The lowest BCUT2D eigenvalue weighted by atomic mass is 9.76. The Morgan fingerprint density at radius 2 is 1.57 bits per heavy atom. The van der Waals surface area contributed by atoms with Gasteiger partial charge >= 0.3 is 6.09 Å². The fourth-order valence-electron chi connectivity index (χ4n) is 4.50. The van der Waals surface area contributed by atoms with Crippen molar-refractivity contribution in [1.82, 2.24) is 4.90 Å². The molecule has 0 fully saturated rings. The molecule has 2 atom stereocenters. The van der Waals surface area contributed by atoms with E-state index in [2.05, 4.69) is 0 Å². The fourth-order valence-corrected chi connectivity index (χ4v) is 8.85. The molecule has 13 heteroatoms. The number of rotatable bonds is 5. The van der Waals surface area contributed by atoms with Gasteiger partial charge < -0.3 is 9.64 Å². The summed E-state index contributed by atoms with van der Waals surface area (Å²) in [6.45, 7) is 5.30. The Hall–Kier alpha value is -1.28. The molecular formula is C24H29Cl2IN2O6S2. The van der Waals surface area contributed by atoms with Crippen molar-refractivity contribution in [1.29, 1.82) is 0 Å². The molecule has 0 saturated heterocycles. The van der Waals surface area contributed by atoms with Gasteiger partial charge in [0.2, 0.25) is 20.0 Å². The molecule has 0 aromatic heterocycles. The van der Waals surface area contributed by atoms with Gasteiger partial charge in [-0.3, -0.25) is 0 Å². The van der Waals surface area contributed by atoms with Crippen molar-refractivity contribution in [3.63, 3.8) is 0 Å². The first-order valence-electron chi connectivity index (χ1n) is 11.3. The predicted octanol–water partition coefficient (Wildman–Crippen LogP) is 6.16. The van der Waals surface area contributed by atoms with Crippen LogP contribution in [0.2, 0.25) is 10.0 Å². The monoisotopic (exact) mass is 702 g/mol. The summed E-state index contributed by atoms with van der Waals surface area (Å²) in [5.74, 6) is -0.138. The number of nitrogens with zero attached hydrogens (tertiary/aromatic N) is 2. The minimum absolute atomic E-state index is 0.00160. The van der Waals surface area contributed by atoms with Gasteiger partial charge in [0.25, 0.3) is 0 Å². The van der Waals surface area contributed by atoms with Gasteiger partial charge in [-0.25, -0.2) is 21.6 Å². The topological polar surface area (TPSA) is 101 Å². The SMILES string of the molecule is CN(C(=O)OC(C)(C)C)[C@H]1CC[C@@H](c2ccc(Cl)c(Cl)c2)c2cc(I)c(N(S(C)(=O)=O)S(C)(=O)=O)cc21. The zero-order valence-corrected chi connectivity index (χ0v) is 26.6. The van der Waals surface area contributed by atoms with Crippen LogP contribution >= 0.6 is 45.8 Å². The number of fused-ring (bicyclic) bond motifs is 1. The fraction of sp³-hybridized carbons (Fsp3) is 0.458. The van der Waals surface area contributed by atoms with Gasteiger partial charge in [0, 0.05) is 16.5 Å². The van der Waals surface area contributed by atoms with Gasteiger partial charge in [0.05, 0.1) is 34.3 Å². The number of sulfonamides is 2. The Labute approximate surface area is 242 Å². The smallest absolute Gasteiger partial charge is 0.410 e. The van der Waals surface area contributed by atoms with Crippen molar-refractivity contribution in [2.24, 2.45) is 0 Å². The molecule has 0 N–H and O–H groups in total. The third-order valence-electron chi connectivity index (χ3n) is 5.91. The minimum atomic E-state index is -4.18. The van der Waals surface area contributed by atoms with Gasteiger partial charge in [0.1, 0.15) is 5.60 Å². The maximum absolute atomic E-state index is 13.0. The van der Waals surface area contributed by atoms with Crippen molar-refractivity contribution in [3.8, 4) is 0 Å². The first-order valence-corrected chi connectivity index (χ1v) is 16.8. The standard InChI is InChI=1S/C24H29Cl2IN2O6S2/c1-24(2,3)35-23(30)28(4)21-10-8-15(14-7-9-18(25)19(26)11-14)16-12-20(27)22(13-17(16)21)29(36(5,31)32)37(6,33)34/h7,9,11-13,15,21H,8,10H2,1-6H3/t15-,21-/m0/s1. The van der Waals surface area contributed by atoms with E-state index >= 15 is 0 Å². The third kappa shape index (κ3) is 6.84. The average Bonchev–Trinajstić information content (AvgIpc) is 2.72. The molecule has 1 aliphatic carbocycles. The first-order chi connectivity index (χ1) is 16.8. The van der Waals surface area contributed by atoms with Crippen molar-refractivity contribution < 1.29 is 26.4 Å². The molecule has 0 saturated carbocycles. The van der Waals surface area contributed by atoms with Crippen LogP contribution < -0.4 is 3.71 Å². The highest BCUT2D eigenvalue weighted by atomic mass is 127. The van der Waals surface area contributed by atoms with Crippen LogP contribution in [-0.4, -0.2) is 53.0 Å². The van der Waals surface area contributed by atoms with Gasteiger partial charge in [-0.15, -0.1) is 0 Å². The first kappa shape index (κ1) is 30.3. The molecule has 37 heavy (non-hydrogen) atoms. The molecular weight excluding hydrogens is 674 g/mol. The van der Waals surface area contributed by atoms with Gasteiger partial charge in [-0.1, -0.05) is 29.3 Å². The highest BCUT2D eigenvalue weighted by molar-refractivity contribution is 14.1. The molecule has 204 valence electrons. The van der Waals surface area contributed by atoms with E-state index in [-0.39, 0.29) is 11.6 Å². The molecule has 0 aliphatic heterocycles. The van der Waals surface area contributed by atoms with Crippen molar-refractivity contribution in [3.05, 3.63) is 60.6 Å². The Morgan fingerprint density at radius 1 is 0.973 bits per heavy atom. The molecule has 2 aromatic carbocycles. The molecule has 2 aromatic rings. The normalized spacial score (nSPS) is 18.2. The Kier molecular flexibility index (Phi) is 8.76. The maximum Gasteiger partial charge on any atom is 0.410 e. The summed E-state index contributed by atoms with van der Waals surface area (Å²) in [6, 6.07) is 8.22. The van der Waals surface area contributed by atoms with Gasteiger partial charge in [0.15, 0.2) is 0 Å². The Bertz CT molecular complexity index is 1410. The molecule has 0 heterocycles. The second kappa shape index (κ2) is 10.7. The molecule has 0 bridgehead atoms. The summed E-state index contributed by atoms with van der Waals surface area (Å²) >= 11 is 14.4. The number of benzene rings is 2. The van der Waals surface area contributed by atoms with Crippen LogP contribution in [-0.2, 0) is 24.8 Å². The molecule has 8 nitrogen and oxygen atoms in total. The zero-order valence-electron chi connectivity index (χ0n) is 21.2. The number of halogens is 3. The number of amides is 1. The molecule has 0 unspecified atom stereocenters. The Balaban J connectivity index is 2.25. The van der Waals surface area contributed by atoms with E-state index in [4.69, 9.17) is 27.9 Å². The summed E-state index contributed by atoms with van der Waals surface area (Å²) in [6.07, 6.45) is 2.31. The van der Waals surface area contributed by atoms with Crippen molar-refractivity contribution in [2.75, 3.05) is 23.3 Å². The summed E-state index contributed by atoms with van der Waals surface area (Å²) in [7, 11) is -6.74. The second-order valence-electron chi connectivity index (χ2n) is 10.1. The quantitative estimate of drug-likeness (QED) is 0.346. The molecule has 0 spiro atoms. The number of hydrogen-bond donors (Lipinski definition) is 0. The van der Waals surface area contributed by atoms with Crippen LogP contribution in [0.1, 0.15) is 62.3 Å². The molecule has 1 amide bonds. The van der Waals surface area contributed by atoms with E-state index in [0.717, 1.165) is 23.6 Å². The zero-order chi connectivity index (χ0) is 28.1. The lowest BCUT2D eigenvalue weighted by Crippen LogP contribution is -2.39. The number of carbonyl (C=O) groups excluding carboxylic acids is 1. The van der Waals surface area contributed by atoms with Crippen LogP contribution in [0, 0.1) is 3.57 Å². The van der Waals surface area contributed by atoms with Crippen LogP contribution in [0.25, 0.3) is 0 Å². The van der Waals surface area contributed by atoms with E-state index in [0.29, 0.717) is 35.7 Å². The number of carbonyl (C=O) groups is 1. The summed E-state index contributed by atoms with van der Waals surface area (Å²) in [5.41, 5.74) is 1.65. The van der Waals surface area contributed by atoms with Gasteiger partial charge in [-0.05, 0) is 97.2 Å². The highest BCUT2D eigenvalue weighted by Gasteiger charge is 2.37. The largest absolute Gasteiger partial charge is 0.444 e. The summed E-state index contributed by atoms with van der Waals surface area (Å²) in [5, 5.41) is 0.825. The van der Waals surface area contributed by atoms with Crippen LogP contribution in [0.5, 0.6) is 0 Å². The minimum Gasteiger partial charge on any atom is -0.444 e. The lowest BCUT2D eigenvalue weighted by molar-refractivity contribution is 0.0202. The highest BCUT2D eigenvalue weighted by Crippen LogP contribution is 2.47. The van der Waals surface area contributed by atoms with E-state index in [1.165, 1.54) is 4.90 Å². The molecule has 3 rings (SSSR count). The van der Waals surface area contributed by atoms with Crippen LogP contribution in [0.3, 0.4) is 0 Å². The number of hydrogen-bond acceptors (Lipinski definition) is 6. The molecule has 1 aliphatic rings. The maximum atomic E-state index is 13.0. The second-order valence-corrected chi connectivity index (χ2v) is 15.9. The van der Waals surface area contributed by atoms with Crippen LogP contribution in [0.15, 0.2) is 30.3 Å². The number of ether oxygens (including phenoxy) is 1. The van der Waals surface area contributed by atoms with E-state index in [1.807, 2.05) is 28.7 Å². The van der Waals surface area contributed by atoms with Gasteiger partial charge in [-0.2, -0.15) is 3.71 Å². The van der Waals surface area contributed by atoms with E-state index in [9.17, 15) is 21.6 Å². The number of anilines is 1. The van der Waals surface area contributed by atoms with Crippen molar-refractivity contribution >= 4 is 77.6 Å². The molecule has 0 radical (unpaired) electrons. The third-order valence-corrected chi connectivity index (χ3v) is 10.7. The average molecular weight is 703 g/mol.